The SMILES string of the molecule is O=C1CCc2cc(S(=O)[O-])ccc21.[Na+]. The number of hydrogen-bond donors (Lipinski definition) is 0. The molecule has 0 spiro atoms. The van der Waals surface area contributed by atoms with Gasteiger partial charge >= 0.3 is 29.6 Å². The Kier molecular flexibility index (Phi) is 4.04. The Morgan fingerprint density at radius 2 is 2.00 bits per heavy atom. The summed E-state index contributed by atoms with van der Waals surface area (Å²) < 4.78 is 21.2. The van der Waals surface area contributed by atoms with Gasteiger partial charge in [0.1, 0.15) is 0 Å². The molecule has 14 heavy (non-hydrogen) atoms. The molecule has 0 radical (unpaired) electrons. The van der Waals surface area contributed by atoms with Crippen molar-refractivity contribution in [3.8, 4) is 0 Å². The van der Waals surface area contributed by atoms with Crippen LogP contribution >= 0.6 is 0 Å². The predicted octanol–water partition coefficient (Wildman–Crippen LogP) is -1.94. The molecule has 1 aromatic carbocycles. The van der Waals surface area contributed by atoms with E-state index in [-0.39, 0.29) is 40.2 Å². The van der Waals surface area contributed by atoms with Gasteiger partial charge in [-0.25, -0.2) is 0 Å². The number of hydrogen-bond acceptors (Lipinski definition) is 3. The van der Waals surface area contributed by atoms with Crippen LogP contribution in [-0.4, -0.2) is 14.5 Å². The summed E-state index contributed by atoms with van der Waals surface area (Å²) in [7, 11) is 0. The second kappa shape index (κ2) is 4.68. The first-order chi connectivity index (χ1) is 6.18. The average Bonchev–Trinajstić information content (AvgIpc) is 2.47. The molecule has 0 heterocycles. The van der Waals surface area contributed by atoms with Crippen LogP contribution in [0.4, 0.5) is 0 Å². The molecular weight excluding hydrogens is 211 g/mol. The molecule has 1 atom stereocenters. The van der Waals surface area contributed by atoms with Crippen molar-refractivity contribution in [1.82, 2.24) is 0 Å². The molecule has 68 valence electrons. The van der Waals surface area contributed by atoms with Crippen LogP contribution in [0.1, 0.15) is 22.3 Å². The van der Waals surface area contributed by atoms with Crippen molar-refractivity contribution < 1.29 is 43.1 Å². The Morgan fingerprint density at radius 1 is 1.29 bits per heavy atom. The first-order valence-corrected chi connectivity index (χ1v) is 5.01. The number of carbonyl (C=O) groups excluding carboxylic acids is 1. The zero-order valence-corrected chi connectivity index (χ0v) is 10.6. The molecule has 0 aliphatic heterocycles. The van der Waals surface area contributed by atoms with E-state index < -0.39 is 11.1 Å². The van der Waals surface area contributed by atoms with Crippen LogP contribution in [-0.2, 0) is 17.5 Å². The van der Waals surface area contributed by atoms with E-state index in [1.807, 2.05) is 0 Å². The van der Waals surface area contributed by atoms with Crippen LogP contribution in [0.25, 0.3) is 0 Å². The van der Waals surface area contributed by atoms with E-state index in [9.17, 15) is 13.6 Å². The van der Waals surface area contributed by atoms with Crippen LogP contribution in [0.15, 0.2) is 23.1 Å². The van der Waals surface area contributed by atoms with Crippen LogP contribution < -0.4 is 29.6 Å². The normalized spacial score (nSPS) is 15.9. The molecule has 5 heteroatoms. The smallest absolute Gasteiger partial charge is 0.768 e. The van der Waals surface area contributed by atoms with E-state index in [2.05, 4.69) is 0 Å². The van der Waals surface area contributed by atoms with Gasteiger partial charge in [-0.15, -0.1) is 0 Å². The Balaban J connectivity index is 0.000000980. The zero-order chi connectivity index (χ0) is 9.42. The van der Waals surface area contributed by atoms with Crippen LogP contribution in [0.2, 0.25) is 0 Å². The first kappa shape index (κ1) is 12.1. The molecule has 0 aromatic heterocycles. The van der Waals surface area contributed by atoms with Gasteiger partial charge in [-0.05, 0) is 41.3 Å². The molecule has 0 saturated heterocycles. The summed E-state index contributed by atoms with van der Waals surface area (Å²) in [5.41, 5.74) is 1.53. The summed E-state index contributed by atoms with van der Waals surface area (Å²) in [4.78, 5) is 11.5. The Morgan fingerprint density at radius 3 is 2.64 bits per heavy atom. The minimum atomic E-state index is -2.19. The third-order valence-electron chi connectivity index (χ3n) is 2.19. The molecule has 0 bridgehead atoms. The number of aryl methyl sites for hydroxylation is 1. The molecular formula is C9H7NaO3S. The molecule has 1 aliphatic rings. The summed E-state index contributed by atoms with van der Waals surface area (Å²) >= 11 is -2.19. The molecule has 1 unspecified atom stereocenters. The molecule has 1 aromatic rings. The van der Waals surface area contributed by atoms with Crippen molar-refractivity contribution >= 4 is 16.9 Å². The van der Waals surface area contributed by atoms with Crippen molar-refractivity contribution in [2.75, 3.05) is 0 Å². The summed E-state index contributed by atoms with van der Waals surface area (Å²) in [6.07, 6.45) is 1.17. The molecule has 0 N–H and O–H groups in total. The van der Waals surface area contributed by atoms with Gasteiger partial charge in [-0.3, -0.25) is 9.00 Å². The van der Waals surface area contributed by atoms with Gasteiger partial charge in [0.15, 0.2) is 5.78 Å². The molecule has 0 saturated carbocycles. The number of ketones is 1. The Bertz CT molecular complexity index is 403. The maximum atomic E-state index is 11.2. The standard InChI is InChI=1S/C9H8O3S.Na/c10-9-4-1-6-5-7(13(11)12)2-3-8(6)9;/h2-3,5H,1,4H2,(H,11,12);/q;+1/p-1. The molecule has 1 aliphatic carbocycles. The number of carbonyl (C=O) groups is 1. The van der Waals surface area contributed by atoms with Gasteiger partial charge in [-0.1, -0.05) is 0 Å². The van der Waals surface area contributed by atoms with Gasteiger partial charge < -0.3 is 4.55 Å². The monoisotopic (exact) mass is 218 g/mol. The van der Waals surface area contributed by atoms with E-state index in [0.717, 1.165) is 5.56 Å². The van der Waals surface area contributed by atoms with Crippen molar-refractivity contribution in [2.24, 2.45) is 0 Å². The summed E-state index contributed by atoms with van der Waals surface area (Å²) in [6, 6.07) is 4.63. The van der Waals surface area contributed by atoms with Crippen LogP contribution in [0, 0.1) is 0 Å². The Labute approximate surface area is 106 Å². The second-order valence-electron chi connectivity index (χ2n) is 2.98. The third kappa shape index (κ3) is 2.15. The van der Waals surface area contributed by atoms with Crippen LogP contribution in [0.5, 0.6) is 0 Å². The molecule has 0 amide bonds. The maximum absolute atomic E-state index is 11.2. The largest absolute Gasteiger partial charge is 1.00 e. The second-order valence-corrected chi connectivity index (χ2v) is 3.92. The first-order valence-electron chi connectivity index (χ1n) is 3.94. The minimum Gasteiger partial charge on any atom is -0.768 e. The summed E-state index contributed by atoms with van der Waals surface area (Å²) in [5, 5.41) is 0. The van der Waals surface area contributed by atoms with Crippen molar-refractivity contribution in [2.45, 2.75) is 17.7 Å². The average molecular weight is 218 g/mol. The van der Waals surface area contributed by atoms with Crippen LogP contribution in [0.3, 0.4) is 0 Å². The summed E-state index contributed by atoms with van der Waals surface area (Å²) in [6.45, 7) is 0. The zero-order valence-electron chi connectivity index (χ0n) is 7.78. The van der Waals surface area contributed by atoms with Gasteiger partial charge in [0, 0.05) is 16.9 Å². The quantitative estimate of drug-likeness (QED) is 0.407. The fraction of sp³-hybridized carbons (Fsp3) is 0.222. The van der Waals surface area contributed by atoms with Gasteiger partial charge in [0.25, 0.3) is 0 Å². The van der Waals surface area contributed by atoms with E-state index in [1.54, 1.807) is 12.1 Å². The molecule has 2 rings (SSSR count). The van der Waals surface area contributed by atoms with Crippen molar-refractivity contribution in [1.29, 1.82) is 0 Å². The molecule has 0 fully saturated rings. The van der Waals surface area contributed by atoms with Crippen molar-refractivity contribution in [3.63, 3.8) is 0 Å². The van der Waals surface area contributed by atoms with Gasteiger partial charge in [0.05, 0.1) is 0 Å². The van der Waals surface area contributed by atoms with E-state index >= 15 is 0 Å². The summed E-state index contributed by atoms with van der Waals surface area (Å²) in [5.74, 6) is 0.109. The van der Waals surface area contributed by atoms with E-state index in [0.29, 0.717) is 18.4 Å². The number of rotatable bonds is 1. The fourth-order valence-electron chi connectivity index (χ4n) is 1.54. The van der Waals surface area contributed by atoms with E-state index in [4.69, 9.17) is 0 Å². The fourth-order valence-corrected chi connectivity index (χ4v) is 1.95. The number of fused-ring (bicyclic) bond motifs is 1. The molecule has 3 nitrogen and oxygen atoms in total. The topological polar surface area (TPSA) is 57.2 Å². The third-order valence-corrected chi connectivity index (χ3v) is 2.83. The maximum Gasteiger partial charge on any atom is 1.00 e. The van der Waals surface area contributed by atoms with Gasteiger partial charge in [-0.2, -0.15) is 0 Å². The van der Waals surface area contributed by atoms with Crippen molar-refractivity contribution in [3.05, 3.63) is 29.3 Å². The van der Waals surface area contributed by atoms with E-state index in [1.165, 1.54) is 6.07 Å². The van der Waals surface area contributed by atoms with Gasteiger partial charge in [0.2, 0.25) is 0 Å². The predicted molar refractivity (Wildman–Crippen MR) is 46.3 cm³/mol. The number of benzene rings is 1. The number of Topliss-reactive ketones (excluding diaryl/α,β-unsaturated/α-hetero) is 1. The Hall–Kier alpha value is 0. The minimum absolute atomic E-state index is 0.